The maximum atomic E-state index is 14.0. The van der Waals surface area contributed by atoms with Gasteiger partial charge in [-0.1, -0.05) is 12.2 Å². The standard InChI is InChI=1S/C15H15FN2O2S/c1-19-10-4-6-13(14(8-10)20-2)18-12-5-3-9(15(17)21)7-11(12)16/h3-8,18H,1-2H3,(H2,17,21). The van der Waals surface area contributed by atoms with Crippen molar-refractivity contribution in [2.24, 2.45) is 5.73 Å². The zero-order valence-electron chi connectivity index (χ0n) is 11.6. The summed E-state index contributed by atoms with van der Waals surface area (Å²) in [6.45, 7) is 0. The SMILES string of the molecule is COc1ccc(Nc2ccc(C(N)=S)cc2F)c(OC)c1. The van der Waals surface area contributed by atoms with E-state index in [1.165, 1.54) is 13.2 Å². The number of anilines is 2. The lowest BCUT2D eigenvalue weighted by Gasteiger charge is -2.13. The molecule has 4 nitrogen and oxygen atoms in total. The molecule has 0 saturated heterocycles. The number of rotatable bonds is 5. The minimum absolute atomic E-state index is 0.155. The molecule has 0 aliphatic heterocycles. The molecular formula is C15H15FN2O2S. The lowest BCUT2D eigenvalue weighted by molar-refractivity contribution is 0.395. The van der Waals surface area contributed by atoms with Crippen LogP contribution < -0.4 is 20.5 Å². The zero-order chi connectivity index (χ0) is 15.4. The van der Waals surface area contributed by atoms with E-state index in [2.05, 4.69) is 5.32 Å². The minimum Gasteiger partial charge on any atom is -0.497 e. The van der Waals surface area contributed by atoms with Gasteiger partial charge in [-0.2, -0.15) is 0 Å². The fourth-order valence-corrected chi connectivity index (χ4v) is 1.94. The Bertz CT molecular complexity index is 677. The molecule has 0 aliphatic rings. The van der Waals surface area contributed by atoms with Gasteiger partial charge in [0.25, 0.3) is 0 Å². The van der Waals surface area contributed by atoms with Crippen LogP contribution in [0.5, 0.6) is 11.5 Å². The van der Waals surface area contributed by atoms with Crippen molar-refractivity contribution in [2.45, 2.75) is 0 Å². The topological polar surface area (TPSA) is 56.5 Å². The molecule has 2 aromatic carbocycles. The summed E-state index contributed by atoms with van der Waals surface area (Å²) in [6, 6.07) is 9.74. The summed E-state index contributed by atoms with van der Waals surface area (Å²) in [5.74, 6) is 0.757. The van der Waals surface area contributed by atoms with Gasteiger partial charge >= 0.3 is 0 Å². The van der Waals surface area contributed by atoms with Gasteiger partial charge in [0.1, 0.15) is 22.3 Å². The van der Waals surface area contributed by atoms with Crippen LogP contribution in [-0.4, -0.2) is 19.2 Å². The van der Waals surface area contributed by atoms with Gasteiger partial charge in [-0.05, 0) is 30.3 Å². The molecule has 0 atom stereocenters. The van der Waals surface area contributed by atoms with E-state index >= 15 is 0 Å². The van der Waals surface area contributed by atoms with E-state index in [0.29, 0.717) is 28.4 Å². The van der Waals surface area contributed by atoms with Gasteiger partial charge in [0.15, 0.2) is 0 Å². The largest absolute Gasteiger partial charge is 0.497 e. The highest BCUT2D eigenvalue weighted by molar-refractivity contribution is 7.80. The van der Waals surface area contributed by atoms with Crippen LogP contribution in [0.25, 0.3) is 0 Å². The van der Waals surface area contributed by atoms with Crippen molar-refractivity contribution in [2.75, 3.05) is 19.5 Å². The summed E-state index contributed by atoms with van der Waals surface area (Å²) < 4.78 is 24.4. The van der Waals surface area contributed by atoms with Gasteiger partial charge in [0.2, 0.25) is 0 Å². The second-order valence-corrected chi connectivity index (χ2v) is 4.69. The lowest BCUT2D eigenvalue weighted by Crippen LogP contribution is -2.10. The van der Waals surface area contributed by atoms with Crippen LogP contribution in [0.2, 0.25) is 0 Å². The molecule has 0 bridgehead atoms. The molecular weight excluding hydrogens is 291 g/mol. The van der Waals surface area contributed by atoms with Crippen molar-refractivity contribution in [3.8, 4) is 11.5 Å². The molecule has 3 N–H and O–H groups in total. The maximum Gasteiger partial charge on any atom is 0.147 e. The minimum atomic E-state index is -0.446. The molecule has 110 valence electrons. The van der Waals surface area contributed by atoms with Gasteiger partial charge in [-0.3, -0.25) is 0 Å². The number of benzene rings is 2. The van der Waals surface area contributed by atoms with Crippen LogP contribution in [-0.2, 0) is 0 Å². The number of hydrogen-bond donors (Lipinski definition) is 2. The maximum absolute atomic E-state index is 14.0. The summed E-state index contributed by atoms with van der Waals surface area (Å²) in [7, 11) is 3.10. The molecule has 0 fully saturated rings. The van der Waals surface area contributed by atoms with E-state index in [1.54, 1.807) is 37.4 Å². The Hall–Kier alpha value is -2.34. The Labute approximate surface area is 127 Å². The molecule has 0 amide bonds. The number of halogens is 1. The highest BCUT2D eigenvalue weighted by atomic mass is 32.1. The van der Waals surface area contributed by atoms with Crippen LogP contribution >= 0.6 is 12.2 Å². The van der Waals surface area contributed by atoms with Crippen molar-refractivity contribution >= 4 is 28.6 Å². The molecule has 0 unspecified atom stereocenters. The second kappa shape index (κ2) is 6.41. The second-order valence-electron chi connectivity index (χ2n) is 4.25. The monoisotopic (exact) mass is 306 g/mol. The Morgan fingerprint density at radius 3 is 2.38 bits per heavy atom. The first kappa shape index (κ1) is 15.1. The molecule has 0 aliphatic carbocycles. The molecule has 0 aromatic heterocycles. The third-order valence-electron chi connectivity index (χ3n) is 2.93. The summed E-state index contributed by atoms with van der Waals surface area (Å²) in [5.41, 5.74) is 6.88. The fraction of sp³-hybridized carbons (Fsp3) is 0.133. The summed E-state index contributed by atoms with van der Waals surface area (Å²) >= 11 is 4.82. The molecule has 21 heavy (non-hydrogen) atoms. The van der Waals surface area contributed by atoms with Crippen LogP contribution in [0, 0.1) is 5.82 Å². The first-order chi connectivity index (χ1) is 10.0. The van der Waals surface area contributed by atoms with Gasteiger partial charge < -0.3 is 20.5 Å². The van der Waals surface area contributed by atoms with Crippen molar-refractivity contribution < 1.29 is 13.9 Å². The van der Waals surface area contributed by atoms with E-state index in [9.17, 15) is 4.39 Å². The Kier molecular flexibility index (Phi) is 4.59. The van der Waals surface area contributed by atoms with E-state index < -0.39 is 5.82 Å². The number of nitrogens with two attached hydrogens (primary N) is 1. The molecule has 0 saturated carbocycles. The summed E-state index contributed by atoms with van der Waals surface area (Å²) in [6.07, 6.45) is 0. The third kappa shape index (κ3) is 3.41. The van der Waals surface area contributed by atoms with Crippen LogP contribution in [0.3, 0.4) is 0 Å². The third-order valence-corrected chi connectivity index (χ3v) is 3.17. The summed E-state index contributed by atoms with van der Waals surface area (Å²) in [5, 5.41) is 2.97. The molecule has 0 heterocycles. The highest BCUT2D eigenvalue weighted by Crippen LogP contribution is 2.32. The molecule has 0 spiro atoms. The summed E-state index contributed by atoms with van der Waals surface area (Å²) in [4.78, 5) is 0.155. The zero-order valence-corrected chi connectivity index (χ0v) is 12.5. The van der Waals surface area contributed by atoms with E-state index in [4.69, 9.17) is 27.4 Å². The number of nitrogens with one attached hydrogen (secondary N) is 1. The Morgan fingerprint density at radius 2 is 1.81 bits per heavy atom. The quantitative estimate of drug-likeness (QED) is 0.831. The molecule has 2 rings (SSSR count). The average molecular weight is 306 g/mol. The highest BCUT2D eigenvalue weighted by Gasteiger charge is 2.09. The van der Waals surface area contributed by atoms with Crippen LogP contribution in [0.1, 0.15) is 5.56 Å². The number of hydrogen-bond acceptors (Lipinski definition) is 4. The average Bonchev–Trinajstić information content (AvgIpc) is 2.49. The van der Waals surface area contributed by atoms with E-state index in [-0.39, 0.29) is 4.99 Å². The number of methoxy groups -OCH3 is 2. The smallest absolute Gasteiger partial charge is 0.147 e. The van der Waals surface area contributed by atoms with Crippen LogP contribution in [0.4, 0.5) is 15.8 Å². The molecule has 2 aromatic rings. The molecule has 6 heteroatoms. The first-order valence-corrected chi connectivity index (χ1v) is 6.54. The van der Waals surface area contributed by atoms with E-state index in [0.717, 1.165) is 0 Å². The van der Waals surface area contributed by atoms with Gasteiger partial charge in [-0.25, -0.2) is 4.39 Å². The number of thiocarbonyl (C=S) groups is 1. The number of ether oxygens (including phenoxy) is 2. The Morgan fingerprint density at radius 1 is 1.10 bits per heavy atom. The fourth-order valence-electron chi connectivity index (χ4n) is 1.82. The van der Waals surface area contributed by atoms with E-state index in [1.807, 2.05) is 0 Å². The molecule has 0 radical (unpaired) electrons. The van der Waals surface area contributed by atoms with Crippen molar-refractivity contribution in [3.63, 3.8) is 0 Å². The van der Waals surface area contributed by atoms with Gasteiger partial charge in [0, 0.05) is 11.6 Å². The first-order valence-electron chi connectivity index (χ1n) is 6.13. The normalized spacial score (nSPS) is 10.0. The van der Waals surface area contributed by atoms with Crippen molar-refractivity contribution in [3.05, 3.63) is 47.8 Å². The van der Waals surface area contributed by atoms with Gasteiger partial charge in [0.05, 0.1) is 25.6 Å². The predicted molar refractivity (Wildman–Crippen MR) is 85.1 cm³/mol. The predicted octanol–water partition coefficient (Wildman–Crippen LogP) is 3.22. The van der Waals surface area contributed by atoms with Crippen molar-refractivity contribution in [1.29, 1.82) is 0 Å². The Balaban J connectivity index is 2.32. The van der Waals surface area contributed by atoms with Crippen molar-refractivity contribution in [1.82, 2.24) is 0 Å². The van der Waals surface area contributed by atoms with Gasteiger partial charge in [-0.15, -0.1) is 0 Å². The lowest BCUT2D eigenvalue weighted by atomic mass is 10.2. The van der Waals surface area contributed by atoms with Crippen LogP contribution in [0.15, 0.2) is 36.4 Å².